The van der Waals surface area contributed by atoms with Crippen molar-refractivity contribution in [2.24, 2.45) is 0 Å². The molecular weight excluding hydrogens is 454 g/mol. The Morgan fingerprint density at radius 1 is 1.00 bits per heavy atom. The molecule has 3 heterocycles. The van der Waals surface area contributed by atoms with Crippen molar-refractivity contribution in [3.8, 4) is 28.3 Å². The summed E-state index contributed by atoms with van der Waals surface area (Å²) in [5.74, 6) is -0.378. The van der Waals surface area contributed by atoms with E-state index in [4.69, 9.17) is 0 Å². The summed E-state index contributed by atoms with van der Waals surface area (Å²) < 4.78 is 1.63. The Kier molecular flexibility index (Phi) is 6.27. The molecule has 176 valence electrons. The van der Waals surface area contributed by atoms with Gasteiger partial charge >= 0.3 is 0 Å². The van der Waals surface area contributed by atoms with Crippen LogP contribution in [0.4, 0.5) is 5.69 Å². The van der Waals surface area contributed by atoms with Crippen molar-refractivity contribution in [1.82, 2.24) is 30.2 Å². The average Bonchev–Trinajstić information content (AvgIpc) is 3.62. The highest BCUT2D eigenvalue weighted by Gasteiger charge is 2.12. The lowest BCUT2D eigenvalue weighted by molar-refractivity contribution is -0.114. The number of amides is 1. The van der Waals surface area contributed by atoms with Crippen molar-refractivity contribution in [3.63, 3.8) is 0 Å². The van der Waals surface area contributed by atoms with E-state index in [0.29, 0.717) is 17.1 Å². The Labute approximate surface area is 206 Å². The molecule has 1 amide bonds. The summed E-state index contributed by atoms with van der Waals surface area (Å²) in [5.41, 5.74) is 5.35. The van der Waals surface area contributed by atoms with E-state index in [1.807, 2.05) is 36.4 Å². The number of rotatable bonds is 8. The van der Waals surface area contributed by atoms with Gasteiger partial charge < -0.3 is 5.32 Å². The zero-order valence-electron chi connectivity index (χ0n) is 19.1. The van der Waals surface area contributed by atoms with Crippen LogP contribution in [0, 0.1) is 0 Å². The molecule has 5 rings (SSSR count). The number of anilines is 1. The molecule has 9 heteroatoms. The van der Waals surface area contributed by atoms with Crippen LogP contribution in [0.5, 0.6) is 0 Å². The van der Waals surface area contributed by atoms with Gasteiger partial charge in [0, 0.05) is 23.9 Å². The highest BCUT2D eigenvalue weighted by Crippen LogP contribution is 2.21. The van der Waals surface area contributed by atoms with E-state index < -0.39 is 0 Å². The molecule has 3 aromatic heterocycles. The summed E-state index contributed by atoms with van der Waals surface area (Å²) >= 11 is 0. The zero-order chi connectivity index (χ0) is 24.9. The van der Waals surface area contributed by atoms with Gasteiger partial charge in [0.2, 0.25) is 0 Å². The quantitative estimate of drug-likeness (QED) is 0.324. The van der Waals surface area contributed by atoms with Gasteiger partial charge in [-0.3, -0.25) is 14.7 Å². The molecule has 0 aliphatic heterocycles. The molecule has 0 atom stereocenters. The van der Waals surface area contributed by atoms with Gasteiger partial charge in [0.1, 0.15) is 11.4 Å². The number of benzene rings is 2. The SMILES string of the molecule is C=CC(=O)Cc1cccc(-c2cn(-c3cccc(NC(=O)c4cccc(-c5ccn[nH]5)n4)c3)nn2)c1. The Morgan fingerprint density at radius 2 is 1.86 bits per heavy atom. The molecule has 0 aliphatic rings. The number of hydrogen-bond acceptors (Lipinski definition) is 6. The molecule has 0 saturated heterocycles. The fourth-order valence-electron chi connectivity index (χ4n) is 3.67. The number of carbonyl (C=O) groups excluding carboxylic acids is 2. The van der Waals surface area contributed by atoms with Gasteiger partial charge in [0.15, 0.2) is 5.78 Å². The van der Waals surface area contributed by atoms with Crippen LogP contribution in [-0.2, 0) is 11.2 Å². The first-order valence-electron chi connectivity index (χ1n) is 11.1. The maximum Gasteiger partial charge on any atom is 0.274 e. The van der Waals surface area contributed by atoms with Crippen molar-refractivity contribution in [3.05, 3.63) is 109 Å². The van der Waals surface area contributed by atoms with Gasteiger partial charge in [-0.2, -0.15) is 5.10 Å². The molecule has 0 bridgehead atoms. The van der Waals surface area contributed by atoms with Gasteiger partial charge in [-0.25, -0.2) is 9.67 Å². The molecule has 2 N–H and O–H groups in total. The van der Waals surface area contributed by atoms with Crippen molar-refractivity contribution < 1.29 is 9.59 Å². The fourth-order valence-corrected chi connectivity index (χ4v) is 3.67. The molecule has 0 spiro atoms. The molecule has 0 saturated carbocycles. The van der Waals surface area contributed by atoms with Crippen LogP contribution in [0.3, 0.4) is 0 Å². The van der Waals surface area contributed by atoms with E-state index in [0.717, 1.165) is 22.5 Å². The predicted molar refractivity (Wildman–Crippen MR) is 135 cm³/mol. The minimum atomic E-state index is -0.335. The second-order valence-corrected chi connectivity index (χ2v) is 7.98. The Morgan fingerprint density at radius 3 is 2.69 bits per heavy atom. The maximum atomic E-state index is 12.8. The minimum Gasteiger partial charge on any atom is -0.321 e. The smallest absolute Gasteiger partial charge is 0.274 e. The van der Waals surface area contributed by atoms with E-state index in [1.165, 1.54) is 6.08 Å². The lowest BCUT2D eigenvalue weighted by Crippen LogP contribution is -2.14. The molecule has 0 radical (unpaired) electrons. The van der Waals surface area contributed by atoms with E-state index in [1.54, 1.807) is 53.5 Å². The third-order valence-electron chi connectivity index (χ3n) is 5.45. The van der Waals surface area contributed by atoms with Crippen LogP contribution < -0.4 is 5.32 Å². The van der Waals surface area contributed by atoms with Crippen molar-refractivity contribution in [1.29, 1.82) is 0 Å². The highest BCUT2D eigenvalue weighted by atomic mass is 16.2. The lowest BCUT2D eigenvalue weighted by atomic mass is 10.0. The second-order valence-electron chi connectivity index (χ2n) is 7.98. The molecule has 0 aliphatic carbocycles. The lowest BCUT2D eigenvalue weighted by Gasteiger charge is -2.08. The Balaban J connectivity index is 1.33. The summed E-state index contributed by atoms with van der Waals surface area (Å²) in [6.45, 7) is 3.52. The summed E-state index contributed by atoms with van der Waals surface area (Å²) in [7, 11) is 0. The van der Waals surface area contributed by atoms with Gasteiger partial charge in [-0.15, -0.1) is 5.10 Å². The minimum absolute atomic E-state index is 0.0436. The van der Waals surface area contributed by atoms with Crippen LogP contribution in [0.2, 0.25) is 0 Å². The molecular formula is C27H21N7O2. The number of hydrogen-bond donors (Lipinski definition) is 2. The number of carbonyl (C=O) groups is 2. The van der Waals surface area contributed by atoms with Crippen LogP contribution in [0.1, 0.15) is 16.1 Å². The third-order valence-corrected chi connectivity index (χ3v) is 5.45. The van der Waals surface area contributed by atoms with Gasteiger partial charge in [0.05, 0.1) is 23.3 Å². The molecule has 36 heavy (non-hydrogen) atoms. The van der Waals surface area contributed by atoms with Crippen molar-refractivity contribution in [2.45, 2.75) is 6.42 Å². The summed E-state index contributed by atoms with van der Waals surface area (Å²) in [6.07, 6.45) is 5.03. The van der Waals surface area contributed by atoms with Crippen LogP contribution in [0.25, 0.3) is 28.3 Å². The average molecular weight is 476 g/mol. The molecule has 0 unspecified atom stereocenters. The highest BCUT2D eigenvalue weighted by molar-refractivity contribution is 6.03. The van der Waals surface area contributed by atoms with Crippen molar-refractivity contribution in [2.75, 3.05) is 5.32 Å². The first-order chi connectivity index (χ1) is 17.6. The number of aromatic amines is 1. The molecule has 5 aromatic rings. The van der Waals surface area contributed by atoms with E-state index in [-0.39, 0.29) is 23.8 Å². The first kappa shape index (κ1) is 22.6. The summed E-state index contributed by atoms with van der Waals surface area (Å²) in [5, 5.41) is 18.2. The molecule has 2 aromatic carbocycles. The Hall–Kier alpha value is -5.18. The fraction of sp³-hybridized carbons (Fsp3) is 0.0370. The standard InChI is InChI=1S/C27H21N7O2/c1-2-22(35)15-18-6-3-7-19(14-18)26-17-34(33-32-26)21-9-4-8-20(16-21)29-27(36)25-11-5-10-23(30-25)24-12-13-28-31-24/h2-14,16-17H,1,15H2,(H,28,31)(H,29,36). The van der Waals surface area contributed by atoms with Crippen LogP contribution in [0.15, 0.2) is 97.8 Å². The zero-order valence-corrected chi connectivity index (χ0v) is 19.1. The van der Waals surface area contributed by atoms with E-state index in [2.05, 4.69) is 37.4 Å². The van der Waals surface area contributed by atoms with Gasteiger partial charge in [-0.1, -0.05) is 42.1 Å². The number of allylic oxidation sites excluding steroid dienone is 1. The van der Waals surface area contributed by atoms with Gasteiger partial charge in [-0.05, 0) is 54.1 Å². The largest absolute Gasteiger partial charge is 0.321 e. The molecule has 9 nitrogen and oxygen atoms in total. The normalized spacial score (nSPS) is 10.7. The first-order valence-corrected chi connectivity index (χ1v) is 11.1. The number of aromatic nitrogens is 6. The Bertz CT molecular complexity index is 1550. The van der Waals surface area contributed by atoms with E-state index >= 15 is 0 Å². The number of H-pyrrole nitrogens is 1. The predicted octanol–water partition coefficient (Wildman–Crippen LogP) is 4.27. The maximum absolute atomic E-state index is 12.8. The van der Waals surface area contributed by atoms with E-state index in [9.17, 15) is 9.59 Å². The topological polar surface area (TPSA) is 118 Å². The van der Waals surface area contributed by atoms with Crippen molar-refractivity contribution >= 4 is 17.4 Å². The number of pyridine rings is 1. The van der Waals surface area contributed by atoms with Crippen LogP contribution in [-0.4, -0.2) is 41.9 Å². The second kappa shape index (κ2) is 9.98. The molecule has 0 fully saturated rings. The number of nitrogens with one attached hydrogen (secondary N) is 2. The summed E-state index contributed by atoms with van der Waals surface area (Å²) in [4.78, 5) is 29.0. The summed E-state index contributed by atoms with van der Waals surface area (Å²) in [6, 6.07) is 21.9. The van der Waals surface area contributed by atoms with Crippen LogP contribution >= 0.6 is 0 Å². The monoisotopic (exact) mass is 475 g/mol. The third kappa shape index (κ3) is 5.00. The van der Waals surface area contributed by atoms with Gasteiger partial charge in [0.25, 0.3) is 5.91 Å². The number of ketones is 1. The number of nitrogens with zero attached hydrogens (tertiary/aromatic N) is 5.